The number of aromatic nitrogens is 2. The number of piperidine rings is 1. The minimum absolute atomic E-state index is 0.0245. The summed E-state index contributed by atoms with van der Waals surface area (Å²) in [5, 5.41) is 14.2. The molecule has 1 saturated heterocycles. The molecule has 3 atom stereocenters. The summed E-state index contributed by atoms with van der Waals surface area (Å²) in [5.41, 5.74) is 6.97. The number of aryl methyl sites for hydroxylation is 2. The topological polar surface area (TPSA) is 70.4 Å². The first-order chi connectivity index (χ1) is 16.3. The number of rotatable bonds is 5. The summed E-state index contributed by atoms with van der Waals surface area (Å²) >= 11 is 0. The molecule has 2 unspecified atom stereocenters. The van der Waals surface area contributed by atoms with Gasteiger partial charge in [-0.2, -0.15) is 0 Å². The van der Waals surface area contributed by atoms with Gasteiger partial charge < -0.3 is 19.9 Å². The summed E-state index contributed by atoms with van der Waals surface area (Å²) in [5.74, 6) is 1.56. The maximum Gasteiger partial charge on any atom is 0.226 e. The molecule has 3 aromatic rings. The van der Waals surface area contributed by atoms with Crippen LogP contribution in [0.1, 0.15) is 48.8 Å². The third-order valence-electron chi connectivity index (χ3n) is 7.52. The average molecular weight is 461 g/mol. The second kappa shape index (κ2) is 9.16. The lowest BCUT2D eigenvalue weighted by molar-refractivity contribution is -0.118. The summed E-state index contributed by atoms with van der Waals surface area (Å²) in [6, 6.07) is 12.8. The van der Waals surface area contributed by atoms with Crippen LogP contribution in [0.5, 0.6) is 0 Å². The van der Waals surface area contributed by atoms with Crippen LogP contribution in [0.2, 0.25) is 0 Å². The second-order valence-electron chi connectivity index (χ2n) is 10.6. The van der Waals surface area contributed by atoms with Crippen molar-refractivity contribution in [2.75, 3.05) is 25.0 Å². The number of carbonyl (C=O) groups is 1. The van der Waals surface area contributed by atoms with Crippen molar-refractivity contribution in [1.82, 2.24) is 14.5 Å². The summed E-state index contributed by atoms with van der Waals surface area (Å²) < 4.78 is 2.25. The van der Waals surface area contributed by atoms with E-state index in [9.17, 15) is 9.90 Å². The largest absolute Gasteiger partial charge is 0.390 e. The first kappa shape index (κ1) is 23.1. The zero-order chi connectivity index (χ0) is 24.0. The second-order valence-corrected chi connectivity index (χ2v) is 10.6. The third kappa shape index (κ3) is 4.49. The van der Waals surface area contributed by atoms with E-state index in [4.69, 9.17) is 4.98 Å². The van der Waals surface area contributed by atoms with Crippen LogP contribution in [-0.4, -0.2) is 51.2 Å². The molecule has 0 bridgehead atoms. The van der Waals surface area contributed by atoms with Crippen LogP contribution in [0.3, 0.4) is 0 Å². The molecule has 2 heterocycles. The smallest absolute Gasteiger partial charge is 0.226 e. The Morgan fingerprint density at radius 2 is 1.94 bits per heavy atom. The van der Waals surface area contributed by atoms with Gasteiger partial charge in [0, 0.05) is 31.2 Å². The van der Waals surface area contributed by atoms with Crippen LogP contribution in [0.25, 0.3) is 11.0 Å². The van der Waals surface area contributed by atoms with E-state index in [0.29, 0.717) is 12.5 Å². The van der Waals surface area contributed by atoms with E-state index in [1.807, 2.05) is 26.8 Å². The van der Waals surface area contributed by atoms with E-state index >= 15 is 0 Å². The SMILES string of the molecule is Cc1ccc2c(c1)nc(C)n2C1CCN(C[C@@H]2Cc3ccc(NC(=O)C(C)C)cc3C2)CC1O. The fraction of sp³-hybridized carbons (Fsp3) is 0.500. The molecule has 0 spiro atoms. The number of carbonyl (C=O) groups excluding carboxylic acids is 1. The highest BCUT2D eigenvalue weighted by molar-refractivity contribution is 5.92. The summed E-state index contributed by atoms with van der Waals surface area (Å²) in [7, 11) is 0. The number of aliphatic hydroxyl groups excluding tert-OH is 1. The van der Waals surface area contributed by atoms with Crippen molar-refractivity contribution in [2.24, 2.45) is 11.8 Å². The fourth-order valence-electron chi connectivity index (χ4n) is 5.77. The Hall–Kier alpha value is -2.70. The van der Waals surface area contributed by atoms with Gasteiger partial charge in [-0.15, -0.1) is 0 Å². The Morgan fingerprint density at radius 1 is 1.15 bits per heavy atom. The highest BCUT2D eigenvalue weighted by atomic mass is 16.3. The molecule has 0 saturated carbocycles. The highest BCUT2D eigenvalue weighted by Gasteiger charge is 2.33. The number of amides is 1. The van der Waals surface area contributed by atoms with Gasteiger partial charge in [-0.05, 0) is 80.0 Å². The predicted octanol–water partition coefficient (Wildman–Crippen LogP) is 4.27. The maximum atomic E-state index is 12.0. The van der Waals surface area contributed by atoms with Crippen LogP contribution in [-0.2, 0) is 17.6 Å². The summed E-state index contributed by atoms with van der Waals surface area (Å²) in [6.07, 6.45) is 2.61. The van der Waals surface area contributed by atoms with Crippen LogP contribution in [0.15, 0.2) is 36.4 Å². The number of aliphatic hydroxyl groups is 1. The van der Waals surface area contributed by atoms with Gasteiger partial charge in [0.1, 0.15) is 5.82 Å². The van der Waals surface area contributed by atoms with Crippen LogP contribution in [0.4, 0.5) is 5.69 Å². The summed E-state index contributed by atoms with van der Waals surface area (Å²) in [4.78, 5) is 19.2. The van der Waals surface area contributed by atoms with Crippen LogP contribution in [0, 0.1) is 25.7 Å². The van der Waals surface area contributed by atoms with E-state index < -0.39 is 6.10 Å². The maximum absolute atomic E-state index is 12.0. The molecule has 180 valence electrons. The van der Waals surface area contributed by atoms with Crippen molar-refractivity contribution in [3.63, 3.8) is 0 Å². The Morgan fingerprint density at radius 3 is 2.71 bits per heavy atom. The van der Waals surface area contributed by atoms with Gasteiger partial charge in [-0.3, -0.25) is 4.79 Å². The minimum Gasteiger partial charge on any atom is -0.390 e. The number of hydrogen-bond donors (Lipinski definition) is 2. The number of likely N-dealkylation sites (tertiary alicyclic amines) is 1. The third-order valence-corrected chi connectivity index (χ3v) is 7.52. The van der Waals surface area contributed by atoms with Gasteiger partial charge in [-0.25, -0.2) is 4.98 Å². The van der Waals surface area contributed by atoms with Crippen molar-refractivity contribution in [1.29, 1.82) is 0 Å². The molecule has 2 N–H and O–H groups in total. The Labute approximate surface area is 202 Å². The molecule has 6 nitrogen and oxygen atoms in total. The minimum atomic E-state index is -0.409. The van der Waals surface area contributed by atoms with E-state index in [-0.39, 0.29) is 17.9 Å². The Kier molecular flexibility index (Phi) is 6.21. The van der Waals surface area contributed by atoms with Gasteiger partial charge in [0.2, 0.25) is 5.91 Å². The zero-order valence-corrected chi connectivity index (χ0v) is 20.7. The first-order valence-corrected chi connectivity index (χ1v) is 12.6. The van der Waals surface area contributed by atoms with Crippen LogP contribution >= 0.6 is 0 Å². The van der Waals surface area contributed by atoms with Gasteiger partial charge in [-0.1, -0.05) is 26.0 Å². The van der Waals surface area contributed by atoms with Gasteiger partial charge in [0.25, 0.3) is 0 Å². The molecule has 1 fully saturated rings. The Bertz CT molecular complexity index is 1210. The molecule has 2 aromatic carbocycles. The molecule has 6 heteroatoms. The van der Waals surface area contributed by atoms with E-state index in [2.05, 4.69) is 52.0 Å². The molecule has 34 heavy (non-hydrogen) atoms. The fourth-order valence-corrected chi connectivity index (χ4v) is 5.77. The number of benzene rings is 2. The first-order valence-electron chi connectivity index (χ1n) is 12.6. The van der Waals surface area contributed by atoms with E-state index in [1.165, 1.54) is 16.7 Å². The van der Waals surface area contributed by atoms with Crippen molar-refractivity contribution in [3.05, 3.63) is 58.9 Å². The average Bonchev–Trinajstić information content (AvgIpc) is 3.32. The zero-order valence-electron chi connectivity index (χ0n) is 20.7. The highest BCUT2D eigenvalue weighted by Crippen LogP contribution is 2.33. The number of anilines is 1. The van der Waals surface area contributed by atoms with Crippen molar-refractivity contribution in [2.45, 2.75) is 59.1 Å². The van der Waals surface area contributed by atoms with Crippen molar-refractivity contribution >= 4 is 22.6 Å². The number of hydrogen-bond acceptors (Lipinski definition) is 4. The summed E-state index contributed by atoms with van der Waals surface area (Å²) in [6.45, 7) is 10.6. The molecule has 1 aliphatic heterocycles. The number of nitrogens with zero attached hydrogens (tertiary/aromatic N) is 3. The molecule has 1 aliphatic carbocycles. The Balaban J connectivity index is 1.22. The lowest BCUT2D eigenvalue weighted by Crippen LogP contribution is -2.46. The predicted molar refractivity (Wildman–Crippen MR) is 136 cm³/mol. The van der Waals surface area contributed by atoms with Gasteiger partial charge >= 0.3 is 0 Å². The molecule has 1 aromatic heterocycles. The molecule has 1 amide bonds. The molecular weight excluding hydrogens is 424 g/mol. The molecule has 2 aliphatic rings. The number of β-amino-alcohol motifs (C(OH)–C–C–N with tert-alkyl or cyclic N) is 1. The normalized spacial score (nSPS) is 22.9. The van der Waals surface area contributed by atoms with E-state index in [1.54, 1.807) is 0 Å². The van der Waals surface area contributed by atoms with Gasteiger partial charge in [0.15, 0.2) is 0 Å². The van der Waals surface area contributed by atoms with Crippen molar-refractivity contribution in [3.8, 4) is 0 Å². The standard InChI is InChI=1S/C28H36N4O2/c1-17(2)28(34)30-23-7-6-21-12-20(13-22(21)14-23)15-31-10-9-26(27(33)16-31)32-19(4)29-24-11-18(3)5-8-25(24)32/h5-8,11,14,17,20,26-27,33H,9-10,12-13,15-16H2,1-4H3,(H,30,34)/t20-,26?,27?/m1/s1. The lowest BCUT2D eigenvalue weighted by Gasteiger charge is -2.38. The van der Waals surface area contributed by atoms with E-state index in [0.717, 1.165) is 54.9 Å². The molecule has 0 radical (unpaired) electrons. The monoisotopic (exact) mass is 460 g/mol. The quantitative estimate of drug-likeness (QED) is 0.597. The molecular formula is C28H36N4O2. The molecule has 5 rings (SSSR count). The van der Waals surface area contributed by atoms with Crippen molar-refractivity contribution < 1.29 is 9.90 Å². The lowest BCUT2D eigenvalue weighted by atomic mass is 9.98. The number of imidazole rings is 1. The number of nitrogens with one attached hydrogen (secondary N) is 1. The van der Waals surface area contributed by atoms with Gasteiger partial charge in [0.05, 0.1) is 23.2 Å². The van der Waals surface area contributed by atoms with Crippen LogP contribution < -0.4 is 5.32 Å². The number of fused-ring (bicyclic) bond motifs is 2.